The number of hydrogen-bond acceptors (Lipinski definition) is 9. The highest BCUT2D eigenvalue weighted by Gasteiger charge is 2.22. The summed E-state index contributed by atoms with van der Waals surface area (Å²) in [6, 6.07) is 5.55. The van der Waals surface area contributed by atoms with Gasteiger partial charge in [0.15, 0.2) is 0 Å². The van der Waals surface area contributed by atoms with Gasteiger partial charge in [-0.2, -0.15) is 0 Å². The Bertz CT molecular complexity index is 953. The number of hydrogen-bond donors (Lipinski definition) is 4. The molecule has 1 saturated heterocycles. The van der Waals surface area contributed by atoms with E-state index in [-0.39, 0.29) is 33.9 Å². The molecule has 5 N–H and O–H groups in total. The molecule has 1 fully saturated rings. The molecule has 1 aromatic rings. The highest BCUT2D eigenvalue weighted by atomic mass is 35.5. The number of nitrogens with zero attached hydrogens (tertiary/aromatic N) is 1. The number of nitrogens with two attached hydrogens (primary N) is 1. The third-order valence-electron chi connectivity index (χ3n) is 4.55. The first-order valence-electron chi connectivity index (χ1n) is 10.7. The van der Waals surface area contributed by atoms with E-state index < -0.39 is 18.3 Å². The van der Waals surface area contributed by atoms with E-state index in [9.17, 15) is 14.4 Å². The van der Waals surface area contributed by atoms with Gasteiger partial charge in [-0.15, -0.1) is 0 Å². The van der Waals surface area contributed by atoms with Crippen molar-refractivity contribution < 1.29 is 29.3 Å². The number of nitrogens with one attached hydrogen (secondary N) is 3. The Morgan fingerprint density at radius 2 is 2.06 bits per heavy atom. The molecule has 192 valence electrons. The van der Waals surface area contributed by atoms with Crippen LogP contribution in [0.3, 0.4) is 0 Å². The molecule has 1 atom stereocenters. The van der Waals surface area contributed by atoms with Gasteiger partial charge in [0.1, 0.15) is 10.8 Å². The zero-order chi connectivity index (χ0) is 25.8. The summed E-state index contributed by atoms with van der Waals surface area (Å²) in [5, 5.41) is 19.7. The molecular formula is C21H28Cl2N5O5S2+. The monoisotopic (exact) mass is 564 g/mol. The average Bonchev–Trinajstić information content (AvgIpc) is 2.79. The number of amides is 2. The summed E-state index contributed by atoms with van der Waals surface area (Å²) in [4.78, 5) is 37.4. The van der Waals surface area contributed by atoms with Crippen molar-refractivity contribution in [3.63, 3.8) is 0 Å². The lowest BCUT2D eigenvalue weighted by atomic mass is 10.2. The second-order valence-electron chi connectivity index (χ2n) is 7.35. The molecule has 2 rings (SSSR count). The van der Waals surface area contributed by atoms with Crippen LogP contribution in [0.15, 0.2) is 18.2 Å². The maximum Gasteiger partial charge on any atom is 0.319 e. The van der Waals surface area contributed by atoms with Crippen LogP contribution < -0.4 is 16.0 Å². The zero-order valence-electron chi connectivity index (χ0n) is 19.1. The van der Waals surface area contributed by atoms with Crippen molar-refractivity contribution in [2.24, 2.45) is 0 Å². The number of rotatable bonds is 9. The fraction of sp³-hybridized carbons (Fsp3) is 0.476. The Hall–Kier alpha value is -1.83. The number of ether oxygens (including phenoxy) is 2. The lowest BCUT2D eigenvalue weighted by Gasteiger charge is -2.33. The van der Waals surface area contributed by atoms with Crippen LogP contribution in [0.2, 0.25) is 10.0 Å². The van der Waals surface area contributed by atoms with Gasteiger partial charge >= 0.3 is 17.0 Å². The lowest BCUT2D eigenvalue weighted by molar-refractivity contribution is -0.146. The largest absolute Gasteiger partial charge is 0.466 e. The van der Waals surface area contributed by atoms with Gasteiger partial charge < -0.3 is 14.8 Å². The standard InChI is InChI=1S/C21H27Cl2N5O5S2/c1-2-32-19(31)8-17(29)27-20(24)35-21(25)34-12-18(30)26-9-14-11-28(5-6-33-14)10-13-3-4-15(22)16(23)7-13/h3-4,7,14,25H,2,5-6,8-12H2,1H3,(H,26,30)(H2,24,27,29)/p+1. The number of esters is 1. The summed E-state index contributed by atoms with van der Waals surface area (Å²) in [5.41, 5.74) is 1.05. The van der Waals surface area contributed by atoms with Gasteiger partial charge in [0, 0.05) is 37.9 Å². The Balaban J connectivity index is 1.64. The fourth-order valence-electron chi connectivity index (χ4n) is 3.03. The van der Waals surface area contributed by atoms with Crippen LogP contribution in [0, 0.1) is 5.41 Å². The van der Waals surface area contributed by atoms with Crippen LogP contribution in [0.25, 0.3) is 0 Å². The van der Waals surface area contributed by atoms with Crippen LogP contribution in [-0.2, 0) is 30.4 Å². The van der Waals surface area contributed by atoms with E-state index in [1.807, 2.05) is 12.1 Å². The zero-order valence-corrected chi connectivity index (χ0v) is 22.2. The van der Waals surface area contributed by atoms with Crippen LogP contribution in [0.4, 0.5) is 0 Å². The molecule has 14 heteroatoms. The van der Waals surface area contributed by atoms with Crippen LogP contribution in [0.1, 0.15) is 18.9 Å². The Labute approximate surface area is 222 Å². The van der Waals surface area contributed by atoms with Crippen molar-refractivity contribution in [3.8, 4) is 0 Å². The summed E-state index contributed by atoms with van der Waals surface area (Å²) < 4.78 is 10.5. The smallest absolute Gasteiger partial charge is 0.319 e. The third kappa shape index (κ3) is 11.6. The van der Waals surface area contributed by atoms with Gasteiger partial charge in [0.05, 0.1) is 35.1 Å². The number of halogens is 2. The summed E-state index contributed by atoms with van der Waals surface area (Å²) in [7, 11) is 0. The summed E-state index contributed by atoms with van der Waals surface area (Å²) >= 11 is 13.8. The molecule has 0 radical (unpaired) electrons. The summed E-state index contributed by atoms with van der Waals surface area (Å²) in [5.74, 6) is -1.54. The van der Waals surface area contributed by atoms with E-state index in [0.29, 0.717) is 36.3 Å². The average molecular weight is 566 g/mol. The van der Waals surface area contributed by atoms with Crippen molar-refractivity contribution in [1.29, 1.82) is 5.41 Å². The van der Waals surface area contributed by atoms with Crippen molar-refractivity contribution in [3.05, 3.63) is 33.8 Å². The number of morpholine rings is 1. The molecule has 2 amide bonds. The van der Waals surface area contributed by atoms with Gasteiger partial charge in [-0.25, -0.2) is 10.1 Å². The first kappa shape index (κ1) is 29.4. The molecule has 0 spiro atoms. The fourth-order valence-corrected chi connectivity index (χ4v) is 4.76. The number of benzene rings is 1. The summed E-state index contributed by atoms with van der Waals surface area (Å²) in [6.45, 7) is 4.82. The molecule has 0 aromatic heterocycles. The molecule has 1 heterocycles. The van der Waals surface area contributed by atoms with Gasteiger partial charge in [-0.3, -0.25) is 25.3 Å². The van der Waals surface area contributed by atoms with E-state index in [2.05, 4.69) is 20.3 Å². The molecule has 1 aliphatic rings. The molecule has 1 aromatic carbocycles. The van der Waals surface area contributed by atoms with Gasteiger partial charge in [0.25, 0.3) is 0 Å². The number of thioether (sulfide) groups is 2. The maximum absolute atomic E-state index is 12.2. The first-order valence-corrected chi connectivity index (χ1v) is 13.2. The molecule has 0 saturated carbocycles. The Morgan fingerprint density at radius 3 is 2.77 bits per heavy atom. The topological polar surface area (TPSA) is 146 Å². The number of amidine groups is 1. The van der Waals surface area contributed by atoms with Crippen LogP contribution in [-0.4, -0.2) is 76.9 Å². The highest BCUT2D eigenvalue weighted by Crippen LogP contribution is 2.23. The van der Waals surface area contributed by atoms with Crippen LogP contribution in [0.5, 0.6) is 0 Å². The molecule has 10 nitrogen and oxygen atoms in total. The first-order chi connectivity index (χ1) is 16.7. The van der Waals surface area contributed by atoms with Crippen molar-refractivity contribution in [2.45, 2.75) is 26.0 Å². The van der Waals surface area contributed by atoms with Crippen molar-refractivity contribution >= 4 is 74.1 Å². The van der Waals surface area contributed by atoms with Crippen molar-refractivity contribution in [1.82, 2.24) is 15.5 Å². The predicted molar refractivity (Wildman–Crippen MR) is 139 cm³/mol. The van der Waals surface area contributed by atoms with Gasteiger partial charge in [-0.1, -0.05) is 41.0 Å². The normalized spacial score (nSPS) is 15.8. The van der Waals surface area contributed by atoms with Crippen LogP contribution >= 0.6 is 46.7 Å². The van der Waals surface area contributed by atoms with Crippen molar-refractivity contribution in [2.75, 3.05) is 38.6 Å². The minimum absolute atomic E-state index is 0.00952. The Kier molecular flexibility index (Phi) is 12.9. The summed E-state index contributed by atoms with van der Waals surface area (Å²) in [6.07, 6.45) is -0.626. The quantitative estimate of drug-likeness (QED) is 0.150. The maximum atomic E-state index is 12.2. The highest BCUT2D eigenvalue weighted by molar-refractivity contribution is 8.44. The molecule has 35 heavy (non-hydrogen) atoms. The molecule has 0 bridgehead atoms. The Morgan fingerprint density at radius 1 is 1.29 bits per heavy atom. The van der Waals surface area contributed by atoms with E-state index >= 15 is 0 Å². The van der Waals surface area contributed by atoms with E-state index in [4.69, 9.17) is 38.8 Å². The van der Waals surface area contributed by atoms with E-state index in [1.54, 1.807) is 13.0 Å². The molecule has 0 aliphatic carbocycles. The second-order valence-corrected chi connectivity index (χ2v) is 10.5. The molecule has 1 unspecified atom stereocenters. The van der Waals surface area contributed by atoms with E-state index in [1.165, 1.54) is 0 Å². The number of carbonyl (C=O) groups excluding carboxylic acids is 3. The lowest BCUT2D eigenvalue weighted by Crippen LogP contribution is -2.49. The third-order valence-corrected chi connectivity index (χ3v) is 7.07. The SMILES string of the molecule is CCOC(=O)CC(=O)NC(=[NH2+])SC(=N)SCC(=O)NCC1CN(Cc2ccc(Cl)c(Cl)c2)CCO1. The molecular weight excluding hydrogens is 537 g/mol. The second kappa shape index (κ2) is 15.3. The minimum atomic E-state index is -0.664. The van der Waals surface area contributed by atoms with Gasteiger partial charge in [0.2, 0.25) is 5.91 Å². The predicted octanol–water partition coefficient (Wildman–Crippen LogP) is 0.896. The van der Waals surface area contributed by atoms with Gasteiger partial charge in [-0.05, 0) is 24.6 Å². The van der Waals surface area contributed by atoms with E-state index in [0.717, 1.165) is 35.6 Å². The number of carbonyl (C=O) groups is 3. The minimum Gasteiger partial charge on any atom is -0.466 e. The molecule has 1 aliphatic heterocycles.